The molecule has 6 aromatic rings. The summed E-state index contributed by atoms with van der Waals surface area (Å²) in [5.74, 6) is 0. The Bertz CT molecular complexity index is 1670. The van der Waals surface area contributed by atoms with E-state index in [0.29, 0.717) is 0 Å². The normalized spacial score (nSPS) is 12.1. The Kier molecular flexibility index (Phi) is 3.50. The van der Waals surface area contributed by atoms with Gasteiger partial charge in [0, 0.05) is 32.8 Å². The zero-order valence-corrected chi connectivity index (χ0v) is 16.5. The van der Waals surface area contributed by atoms with Gasteiger partial charge < -0.3 is 9.55 Å². The van der Waals surface area contributed by atoms with Gasteiger partial charge in [0.2, 0.25) is 0 Å². The molecule has 0 fully saturated rings. The van der Waals surface area contributed by atoms with E-state index < -0.39 is 0 Å². The van der Waals surface area contributed by atoms with Crippen molar-refractivity contribution in [2.24, 2.45) is 0 Å². The minimum absolute atomic E-state index is 0.913. The van der Waals surface area contributed by atoms with Crippen molar-refractivity contribution in [2.75, 3.05) is 0 Å². The summed E-state index contributed by atoms with van der Waals surface area (Å²) in [6.07, 6.45) is 5.74. The number of benzene rings is 4. The molecular formula is C28H20N2. The molecule has 0 amide bonds. The van der Waals surface area contributed by atoms with Gasteiger partial charge in [-0.2, -0.15) is 0 Å². The van der Waals surface area contributed by atoms with Crippen LogP contribution in [0.15, 0.2) is 104 Å². The summed E-state index contributed by atoms with van der Waals surface area (Å²) in [6, 6.07) is 25.8. The lowest BCUT2D eigenvalue weighted by Crippen LogP contribution is -1.94. The molecule has 0 saturated heterocycles. The van der Waals surface area contributed by atoms with Crippen LogP contribution in [-0.2, 0) is 0 Å². The molecule has 0 unspecified atom stereocenters. The number of hydrogen-bond acceptors (Lipinski definition) is 0. The summed E-state index contributed by atoms with van der Waals surface area (Å²) in [6.45, 7) is 8.21. The van der Waals surface area contributed by atoms with Crippen LogP contribution in [0, 0.1) is 0 Å². The SMILES string of the molecule is C=C/C=C\C(=C)n1c2ccccc2c2c3ccccc3c3c4ccccc4[nH]c3c21. The fourth-order valence-corrected chi connectivity index (χ4v) is 4.82. The molecule has 30 heavy (non-hydrogen) atoms. The molecule has 0 spiro atoms. The molecule has 1 N–H and O–H groups in total. The highest BCUT2D eigenvalue weighted by molar-refractivity contribution is 6.36. The molecule has 6 rings (SSSR count). The summed E-state index contributed by atoms with van der Waals surface area (Å²) in [7, 11) is 0. The van der Waals surface area contributed by atoms with Gasteiger partial charge >= 0.3 is 0 Å². The third-order valence-electron chi connectivity index (χ3n) is 6.00. The lowest BCUT2D eigenvalue weighted by molar-refractivity contribution is 1.25. The highest BCUT2D eigenvalue weighted by Crippen LogP contribution is 2.44. The number of nitrogens with zero attached hydrogens (tertiary/aromatic N) is 1. The van der Waals surface area contributed by atoms with Crippen LogP contribution in [0.25, 0.3) is 60.1 Å². The van der Waals surface area contributed by atoms with Crippen molar-refractivity contribution in [1.29, 1.82) is 0 Å². The third-order valence-corrected chi connectivity index (χ3v) is 6.00. The highest BCUT2D eigenvalue weighted by atomic mass is 15.0. The van der Waals surface area contributed by atoms with Crippen molar-refractivity contribution < 1.29 is 0 Å². The van der Waals surface area contributed by atoms with Crippen molar-refractivity contribution in [3.63, 3.8) is 0 Å². The number of rotatable bonds is 3. The van der Waals surface area contributed by atoms with E-state index in [9.17, 15) is 0 Å². The van der Waals surface area contributed by atoms with E-state index in [2.05, 4.69) is 95.5 Å². The third kappa shape index (κ3) is 2.13. The van der Waals surface area contributed by atoms with Crippen LogP contribution in [-0.4, -0.2) is 9.55 Å². The summed E-state index contributed by atoms with van der Waals surface area (Å²) in [4.78, 5) is 3.72. The number of H-pyrrole nitrogens is 1. The molecule has 0 atom stereocenters. The van der Waals surface area contributed by atoms with Gasteiger partial charge in [-0.25, -0.2) is 0 Å². The average Bonchev–Trinajstić information content (AvgIpc) is 3.34. The molecule has 0 aliphatic rings. The number of allylic oxidation sites excluding steroid dienone is 4. The topological polar surface area (TPSA) is 20.7 Å². The Labute approximate surface area is 174 Å². The lowest BCUT2D eigenvalue weighted by atomic mass is 9.99. The second-order valence-electron chi connectivity index (χ2n) is 7.63. The van der Waals surface area contributed by atoms with E-state index in [1.165, 1.54) is 37.8 Å². The molecule has 0 bridgehead atoms. The average molecular weight is 384 g/mol. The van der Waals surface area contributed by atoms with Crippen LogP contribution in [0.5, 0.6) is 0 Å². The Morgan fingerprint density at radius 1 is 0.767 bits per heavy atom. The molecule has 142 valence electrons. The maximum absolute atomic E-state index is 4.39. The molecule has 2 heterocycles. The fraction of sp³-hybridized carbons (Fsp3) is 0. The van der Waals surface area contributed by atoms with Gasteiger partial charge in [-0.05, 0) is 29.0 Å². The predicted octanol–water partition coefficient (Wildman–Crippen LogP) is 7.80. The number of aromatic nitrogens is 2. The smallest absolute Gasteiger partial charge is 0.0789 e. The first-order valence-electron chi connectivity index (χ1n) is 10.1. The van der Waals surface area contributed by atoms with Crippen LogP contribution in [0.4, 0.5) is 0 Å². The zero-order chi connectivity index (χ0) is 20.2. The van der Waals surface area contributed by atoms with Crippen LogP contribution in [0.3, 0.4) is 0 Å². The van der Waals surface area contributed by atoms with Gasteiger partial charge in [0.15, 0.2) is 0 Å². The van der Waals surface area contributed by atoms with Crippen molar-refractivity contribution in [3.8, 4) is 0 Å². The standard InChI is InChI=1S/C28H20N2/c1-3-4-11-18(2)30-24-17-10-8-15-22(24)26-20-13-6-5-12-19(20)25-21-14-7-9-16-23(21)29-27(25)28(26)30/h3-17,29H,1-2H2/b11-4-. The van der Waals surface area contributed by atoms with Crippen molar-refractivity contribution >= 4 is 60.1 Å². The van der Waals surface area contributed by atoms with Crippen molar-refractivity contribution in [3.05, 3.63) is 104 Å². The molecule has 4 aromatic carbocycles. The molecular weight excluding hydrogens is 364 g/mol. The quantitative estimate of drug-likeness (QED) is 0.301. The van der Waals surface area contributed by atoms with Crippen LogP contribution >= 0.6 is 0 Å². The highest BCUT2D eigenvalue weighted by Gasteiger charge is 2.20. The summed E-state index contributed by atoms with van der Waals surface area (Å²) in [5, 5.41) is 7.53. The minimum atomic E-state index is 0.913. The molecule has 2 nitrogen and oxygen atoms in total. The van der Waals surface area contributed by atoms with E-state index in [4.69, 9.17) is 0 Å². The van der Waals surface area contributed by atoms with Crippen LogP contribution in [0.2, 0.25) is 0 Å². The second kappa shape index (κ2) is 6.23. The van der Waals surface area contributed by atoms with E-state index in [-0.39, 0.29) is 0 Å². The lowest BCUT2D eigenvalue weighted by Gasteiger charge is -2.10. The van der Waals surface area contributed by atoms with Gasteiger partial charge in [-0.3, -0.25) is 0 Å². The number of nitrogens with one attached hydrogen (secondary N) is 1. The fourth-order valence-electron chi connectivity index (χ4n) is 4.82. The van der Waals surface area contributed by atoms with Crippen LogP contribution < -0.4 is 0 Å². The number of hydrogen-bond donors (Lipinski definition) is 1. The van der Waals surface area contributed by atoms with Crippen molar-refractivity contribution in [1.82, 2.24) is 9.55 Å². The van der Waals surface area contributed by atoms with Gasteiger partial charge in [0.25, 0.3) is 0 Å². The first-order valence-corrected chi connectivity index (χ1v) is 10.1. The van der Waals surface area contributed by atoms with Gasteiger partial charge in [-0.15, -0.1) is 0 Å². The summed E-state index contributed by atoms with van der Waals surface area (Å²) in [5.41, 5.74) is 5.53. The summed E-state index contributed by atoms with van der Waals surface area (Å²) >= 11 is 0. The summed E-state index contributed by atoms with van der Waals surface area (Å²) < 4.78 is 2.27. The molecule has 0 radical (unpaired) electrons. The minimum Gasteiger partial charge on any atom is -0.353 e. The van der Waals surface area contributed by atoms with E-state index in [0.717, 1.165) is 22.2 Å². The maximum atomic E-state index is 4.39. The first-order chi connectivity index (χ1) is 14.8. The number of para-hydroxylation sites is 2. The van der Waals surface area contributed by atoms with Gasteiger partial charge in [-0.1, -0.05) is 86.0 Å². The first kappa shape index (κ1) is 16.9. The van der Waals surface area contributed by atoms with Crippen LogP contribution in [0.1, 0.15) is 0 Å². The molecule has 0 aliphatic carbocycles. The Morgan fingerprint density at radius 2 is 1.40 bits per heavy atom. The zero-order valence-electron chi connectivity index (χ0n) is 16.5. The largest absolute Gasteiger partial charge is 0.353 e. The monoisotopic (exact) mass is 384 g/mol. The predicted molar refractivity (Wildman–Crippen MR) is 131 cm³/mol. The maximum Gasteiger partial charge on any atom is 0.0789 e. The molecule has 2 aromatic heterocycles. The molecule has 0 aliphatic heterocycles. The van der Waals surface area contributed by atoms with E-state index in [1.807, 2.05) is 12.2 Å². The number of aromatic amines is 1. The Morgan fingerprint density at radius 3 is 2.17 bits per heavy atom. The molecule has 2 heteroatoms. The van der Waals surface area contributed by atoms with E-state index in [1.54, 1.807) is 6.08 Å². The van der Waals surface area contributed by atoms with Gasteiger partial charge in [0.05, 0.1) is 16.6 Å². The molecule has 0 saturated carbocycles. The Hall–Kier alpha value is -4.04. The van der Waals surface area contributed by atoms with Crippen molar-refractivity contribution in [2.45, 2.75) is 0 Å². The van der Waals surface area contributed by atoms with E-state index >= 15 is 0 Å². The Balaban J connectivity index is 1.99. The van der Waals surface area contributed by atoms with Gasteiger partial charge in [0.1, 0.15) is 0 Å². The number of fused-ring (bicyclic) bond motifs is 10. The second-order valence-corrected chi connectivity index (χ2v) is 7.63.